The van der Waals surface area contributed by atoms with Gasteiger partial charge in [-0.15, -0.1) is 11.3 Å². The molecule has 0 aliphatic carbocycles. The van der Waals surface area contributed by atoms with Crippen molar-refractivity contribution in [2.45, 2.75) is 19.9 Å². The molecular weight excluding hydrogens is 280 g/mol. The normalized spacial score (nSPS) is 10.7. The number of aromatic nitrogens is 1. The first-order valence-corrected chi connectivity index (χ1v) is 7.41. The maximum atomic E-state index is 6.19. The Morgan fingerprint density at radius 3 is 2.89 bits per heavy atom. The number of hydrogen-bond acceptors (Lipinski definition) is 4. The fourth-order valence-electron chi connectivity index (χ4n) is 1.80. The minimum Gasteiger partial charge on any atom is -0.492 e. The number of hydrogen-bond donors (Lipinski definition) is 1. The average molecular weight is 297 g/mol. The van der Waals surface area contributed by atoms with Gasteiger partial charge in [-0.25, -0.2) is 4.98 Å². The molecule has 0 saturated carbocycles. The lowest BCUT2D eigenvalue weighted by molar-refractivity contribution is 0.323. The van der Waals surface area contributed by atoms with Gasteiger partial charge in [0.05, 0.1) is 22.8 Å². The number of nitrogens with zero attached hydrogens (tertiary/aromatic N) is 1. The minimum absolute atomic E-state index is 0.619. The first-order valence-electron chi connectivity index (χ1n) is 6.15. The molecule has 1 N–H and O–H groups in total. The number of rotatable bonds is 6. The fraction of sp³-hybridized carbons (Fsp3) is 0.357. The van der Waals surface area contributed by atoms with Crippen molar-refractivity contribution in [2.24, 2.45) is 0 Å². The topological polar surface area (TPSA) is 34.1 Å². The predicted molar refractivity (Wildman–Crippen MR) is 80.3 cm³/mol. The number of ether oxygens (including phenoxy) is 1. The lowest BCUT2D eigenvalue weighted by Crippen LogP contribution is -2.05. The van der Waals surface area contributed by atoms with Crippen LogP contribution >= 0.6 is 22.9 Å². The molecule has 0 atom stereocenters. The molecule has 102 valence electrons. The van der Waals surface area contributed by atoms with Crippen LogP contribution in [0.1, 0.15) is 16.1 Å². The van der Waals surface area contributed by atoms with E-state index < -0.39 is 0 Å². The summed E-state index contributed by atoms with van der Waals surface area (Å²) >= 11 is 7.86. The second-order valence-electron chi connectivity index (χ2n) is 4.25. The van der Waals surface area contributed by atoms with Gasteiger partial charge in [0, 0.05) is 17.8 Å². The van der Waals surface area contributed by atoms with Crippen molar-refractivity contribution in [1.82, 2.24) is 10.3 Å². The highest BCUT2D eigenvalue weighted by molar-refractivity contribution is 7.09. The third kappa shape index (κ3) is 3.93. The monoisotopic (exact) mass is 296 g/mol. The highest BCUT2D eigenvalue weighted by Gasteiger charge is 2.05. The minimum atomic E-state index is 0.619. The summed E-state index contributed by atoms with van der Waals surface area (Å²) in [4.78, 5) is 5.49. The summed E-state index contributed by atoms with van der Waals surface area (Å²) < 4.78 is 5.72. The van der Waals surface area contributed by atoms with Gasteiger partial charge in [0.25, 0.3) is 0 Å². The zero-order chi connectivity index (χ0) is 13.7. The van der Waals surface area contributed by atoms with Crippen LogP contribution in [-0.2, 0) is 13.0 Å². The number of halogens is 1. The van der Waals surface area contributed by atoms with Crippen LogP contribution in [0.3, 0.4) is 0 Å². The summed E-state index contributed by atoms with van der Waals surface area (Å²) in [6.45, 7) is 3.44. The smallest absolute Gasteiger partial charge is 0.137 e. The van der Waals surface area contributed by atoms with Gasteiger partial charge < -0.3 is 10.1 Å². The molecular formula is C14H17ClN2OS. The largest absolute Gasteiger partial charge is 0.492 e. The molecule has 1 aromatic heterocycles. The van der Waals surface area contributed by atoms with E-state index in [9.17, 15) is 0 Å². The van der Waals surface area contributed by atoms with Crippen LogP contribution in [0.25, 0.3) is 0 Å². The van der Waals surface area contributed by atoms with E-state index in [1.807, 2.05) is 37.7 Å². The Hall–Kier alpha value is -1.10. The quantitative estimate of drug-likeness (QED) is 0.886. The highest BCUT2D eigenvalue weighted by Crippen LogP contribution is 2.26. The van der Waals surface area contributed by atoms with Crippen molar-refractivity contribution < 1.29 is 4.74 Å². The Bertz CT molecular complexity index is 542. The predicted octanol–water partition coefficient (Wildman–Crippen LogP) is 3.45. The van der Waals surface area contributed by atoms with E-state index in [0.717, 1.165) is 30.0 Å². The van der Waals surface area contributed by atoms with Crippen LogP contribution in [0, 0.1) is 6.92 Å². The molecule has 2 rings (SSSR count). The lowest BCUT2D eigenvalue weighted by atomic mass is 10.2. The van der Waals surface area contributed by atoms with Gasteiger partial charge in [-0.05, 0) is 31.7 Å². The van der Waals surface area contributed by atoms with Crippen molar-refractivity contribution in [3.63, 3.8) is 0 Å². The highest BCUT2D eigenvalue weighted by atomic mass is 35.5. The van der Waals surface area contributed by atoms with E-state index in [0.29, 0.717) is 11.6 Å². The van der Waals surface area contributed by atoms with Crippen LogP contribution in [0.2, 0.25) is 5.02 Å². The van der Waals surface area contributed by atoms with Crippen LogP contribution in [-0.4, -0.2) is 18.6 Å². The van der Waals surface area contributed by atoms with Gasteiger partial charge in [0.1, 0.15) is 5.75 Å². The lowest BCUT2D eigenvalue weighted by Gasteiger charge is -2.09. The molecule has 0 spiro atoms. The van der Waals surface area contributed by atoms with E-state index >= 15 is 0 Å². The molecule has 0 aliphatic heterocycles. The maximum Gasteiger partial charge on any atom is 0.137 e. The number of thiazole rings is 1. The summed E-state index contributed by atoms with van der Waals surface area (Å²) in [6, 6.07) is 5.88. The molecule has 0 radical (unpaired) electrons. The van der Waals surface area contributed by atoms with E-state index in [4.69, 9.17) is 16.3 Å². The van der Waals surface area contributed by atoms with Gasteiger partial charge in [-0.2, -0.15) is 0 Å². The molecule has 3 nitrogen and oxygen atoms in total. The van der Waals surface area contributed by atoms with Gasteiger partial charge in [0.15, 0.2) is 0 Å². The Kier molecular flexibility index (Phi) is 5.19. The summed E-state index contributed by atoms with van der Waals surface area (Å²) in [6.07, 6.45) is 0.866. The molecule has 1 aromatic carbocycles. The Labute approximate surface area is 122 Å². The molecule has 0 fully saturated rings. The average Bonchev–Trinajstić information content (AvgIpc) is 2.78. The van der Waals surface area contributed by atoms with Crippen LogP contribution in [0.15, 0.2) is 23.7 Å². The van der Waals surface area contributed by atoms with Gasteiger partial charge in [-0.3, -0.25) is 0 Å². The van der Waals surface area contributed by atoms with Gasteiger partial charge in [0.2, 0.25) is 0 Å². The molecule has 5 heteroatoms. The van der Waals surface area contributed by atoms with Crippen LogP contribution < -0.4 is 10.1 Å². The zero-order valence-corrected chi connectivity index (χ0v) is 12.6. The molecule has 1 heterocycles. The second-order valence-corrected chi connectivity index (χ2v) is 5.60. The van der Waals surface area contributed by atoms with Crippen molar-refractivity contribution in [1.29, 1.82) is 0 Å². The third-order valence-electron chi connectivity index (χ3n) is 2.81. The number of aryl methyl sites for hydroxylation is 1. The summed E-state index contributed by atoms with van der Waals surface area (Å²) in [5, 5.41) is 3.75. The Morgan fingerprint density at radius 2 is 2.26 bits per heavy atom. The van der Waals surface area contributed by atoms with Gasteiger partial charge in [-0.1, -0.05) is 17.7 Å². The fourth-order valence-corrected chi connectivity index (χ4v) is 2.82. The first kappa shape index (κ1) is 14.3. The first-order chi connectivity index (χ1) is 9.20. The van der Waals surface area contributed by atoms with E-state index in [2.05, 4.69) is 10.3 Å². The Balaban J connectivity index is 1.91. The van der Waals surface area contributed by atoms with Crippen molar-refractivity contribution >= 4 is 22.9 Å². The van der Waals surface area contributed by atoms with Crippen LogP contribution in [0.4, 0.5) is 0 Å². The second kappa shape index (κ2) is 6.89. The van der Waals surface area contributed by atoms with Crippen LogP contribution in [0.5, 0.6) is 5.75 Å². The van der Waals surface area contributed by atoms with Crippen molar-refractivity contribution in [2.75, 3.05) is 13.7 Å². The zero-order valence-electron chi connectivity index (χ0n) is 11.1. The summed E-state index contributed by atoms with van der Waals surface area (Å²) in [7, 11) is 1.91. The molecule has 0 bridgehead atoms. The Morgan fingerprint density at radius 1 is 1.42 bits per heavy atom. The van der Waals surface area contributed by atoms with Crippen molar-refractivity contribution in [3.8, 4) is 5.75 Å². The van der Waals surface area contributed by atoms with Crippen molar-refractivity contribution in [3.05, 3.63) is 44.9 Å². The van der Waals surface area contributed by atoms with E-state index in [1.165, 1.54) is 4.88 Å². The number of nitrogens with one attached hydrogen (secondary N) is 1. The molecule has 2 aromatic rings. The summed E-state index contributed by atoms with van der Waals surface area (Å²) in [5.41, 5.74) is 4.10. The summed E-state index contributed by atoms with van der Waals surface area (Å²) in [5.74, 6) is 0.740. The molecule has 0 saturated heterocycles. The molecule has 0 aliphatic rings. The maximum absolute atomic E-state index is 6.19. The standard InChI is InChI=1S/C14H17ClN2OS/c1-10-14(19-9-17-10)5-6-18-13-4-3-11(8-16-2)7-12(13)15/h3-4,7,9,16H,5-6,8H2,1-2H3. The molecule has 0 unspecified atom stereocenters. The molecule has 19 heavy (non-hydrogen) atoms. The number of benzene rings is 1. The third-order valence-corrected chi connectivity index (χ3v) is 4.10. The van der Waals surface area contributed by atoms with E-state index in [-0.39, 0.29) is 0 Å². The van der Waals surface area contributed by atoms with E-state index in [1.54, 1.807) is 11.3 Å². The SMILES string of the molecule is CNCc1ccc(OCCc2scnc2C)c(Cl)c1. The van der Waals surface area contributed by atoms with Gasteiger partial charge >= 0.3 is 0 Å². The molecule has 0 amide bonds.